The Morgan fingerprint density at radius 3 is 2.50 bits per heavy atom. The molecule has 0 spiro atoms. The van der Waals surface area contributed by atoms with E-state index in [2.05, 4.69) is 0 Å². The quantitative estimate of drug-likeness (QED) is 0.891. The van der Waals surface area contributed by atoms with Crippen LogP contribution in [-0.4, -0.2) is 24.4 Å². The van der Waals surface area contributed by atoms with Crippen molar-refractivity contribution in [1.29, 1.82) is 0 Å². The molecule has 0 amide bonds. The van der Waals surface area contributed by atoms with Gasteiger partial charge in [-0.3, -0.25) is 0 Å². The summed E-state index contributed by atoms with van der Waals surface area (Å²) in [5, 5.41) is 10.6. The summed E-state index contributed by atoms with van der Waals surface area (Å²) in [6, 6.07) is 11.0. The molecule has 1 heterocycles. The molecule has 0 saturated heterocycles. The number of nitrogens with zero attached hydrogens (tertiary/aromatic N) is 1. The lowest BCUT2D eigenvalue weighted by Crippen LogP contribution is -2.30. The topological polar surface area (TPSA) is 57.6 Å². The zero-order valence-electron chi connectivity index (χ0n) is 11.2. The van der Waals surface area contributed by atoms with Crippen LogP contribution >= 0.6 is 11.3 Å². The van der Waals surface area contributed by atoms with Crippen molar-refractivity contribution in [2.45, 2.75) is 25.0 Å². The van der Waals surface area contributed by atoms with Crippen molar-refractivity contribution in [3.8, 4) is 0 Å². The van der Waals surface area contributed by atoms with Crippen LogP contribution in [-0.2, 0) is 23.2 Å². The van der Waals surface area contributed by atoms with Gasteiger partial charge in [0.2, 0.25) is 10.0 Å². The largest absolute Gasteiger partial charge is 0.391 e. The van der Waals surface area contributed by atoms with Gasteiger partial charge in [0.05, 0.1) is 11.5 Å². The molecule has 1 N–H and O–H groups in total. The predicted molar refractivity (Wildman–Crippen MR) is 80.0 cm³/mol. The van der Waals surface area contributed by atoms with E-state index in [9.17, 15) is 8.42 Å². The molecular formula is C14H17NO3S2. The van der Waals surface area contributed by atoms with Gasteiger partial charge in [0, 0.05) is 23.3 Å². The van der Waals surface area contributed by atoms with E-state index in [0.29, 0.717) is 18.0 Å². The first-order valence-electron chi connectivity index (χ1n) is 6.30. The van der Waals surface area contributed by atoms with E-state index in [1.165, 1.54) is 21.7 Å². The molecule has 0 aliphatic rings. The number of sulfonamides is 1. The van der Waals surface area contributed by atoms with Crippen molar-refractivity contribution in [1.82, 2.24) is 4.31 Å². The van der Waals surface area contributed by atoms with E-state index in [-0.39, 0.29) is 11.5 Å². The summed E-state index contributed by atoms with van der Waals surface area (Å²) in [5.74, 6) is 0. The normalized spacial score (nSPS) is 11.9. The number of thiophene rings is 1. The summed E-state index contributed by atoms with van der Waals surface area (Å²) in [7, 11) is -3.51. The lowest BCUT2D eigenvalue weighted by molar-refractivity contribution is 0.285. The van der Waals surface area contributed by atoms with Crippen LogP contribution in [0.25, 0.3) is 0 Å². The summed E-state index contributed by atoms with van der Waals surface area (Å²) in [6.45, 7) is 2.44. The standard InChI is InChI=1S/C14H17NO3S2/c1-2-15(9-12-6-4-3-5-7-12)20(17,18)14-8-13(10-16)19-11-14/h3-8,11,16H,2,9-10H2,1H3. The third-order valence-electron chi connectivity index (χ3n) is 2.98. The molecule has 0 unspecified atom stereocenters. The number of hydrogen-bond acceptors (Lipinski definition) is 4. The smallest absolute Gasteiger partial charge is 0.244 e. The Hall–Kier alpha value is -1.21. The Morgan fingerprint density at radius 2 is 1.95 bits per heavy atom. The minimum absolute atomic E-state index is 0.134. The summed E-state index contributed by atoms with van der Waals surface area (Å²) in [4.78, 5) is 0.906. The van der Waals surface area contributed by atoms with Gasteiger partial charge in [0.1, 0.15) is 0 Å². The van der Waals surface area contributed by atoms with Crippen LogP contribution in [0.5, 0.6) is 0 Å². The van der Waals surface area contributed by atoms with Gasteiger partial charge in [0.25, 0.3) is 0 Å². The molecule has 2 aromatic rings. The van der Waals surface area contributed by atoms with Crippen LogP contribution in [0, 0.1) is 0 Å². The van der Waals surface area contributed by atoms with Crippen molar-refractivity contribution in [2.24, 2.45) is 0 Å². The SMILES string of the molecule is CCN(Cc1ccccc1)S(=O)(=O)c1csc(CO)c1. The van der Waals surface area contributed by atoms with Gasteiger partial charge >= 0.3 is 0 Å². The third kappa shape index (κ3) is 3.27. The lowest BCUT2D eigenvalue weighted by Gasteiger charge is -2.19. The van der Waals surface area contributed by atoms with E-state index in [1.54, 1.807) is 5.38 Å². The molecule has 0 atom stereocenters. The van der Waals surface area contributed by atoms with Gasteiger partial charge in [-0.2, -0.15) is 4.31 Å². The molecule has 4 nitrogen and oxygen atoms in total. The fourth-order valence-electron chi connectivity index (χ4n) is 1.88. The predicted octanol–water partition coefficient (Wildman–Crippen LogP) is 2.45. The summed E-state index contributed by atoms with van der Waals surface area (Å²) in [6.07, 6.45) is 0. The Morgan fingerprint density at radius 1 is 1.25 bits per heavy atom. The molecule has 0 saturated carbocycles. The molecule has 0 aliphatic heterocycles. The maximum Gasteiger partial charge on any atom is 0.244 e. The molecule has 0 fully saturated rings. The maximum atomic E-state index is 12.5. The van der Waals surface area contributed by atoms with E-state index < -0.39 is 10.0 Å². The van der Waals surface area contributed by atoms with Crippen LogP contribution < -0.4 is 0 Å². The van der Waals surface area contributed by atoms with Gasteiger partial charge in [-0.25, -0.2) is 8.42 Å². The number of hydrogen-bond donors (Lipinski definition) is 1. The average Bonchev–Trinajstić information content (AvgIpc) is 2.95. The molecule has 0 bridgehead atoms. The fourth-order valence-corrected chi connectivity index (χ4v) is 4.44. The fraction of sp³-hybridized carbons (Fsp3) is 0.286. The van der Waals surface area contributed by atoms with Crippen LogP contribution in [0.15, 0.2) is 46.7 Å². The van der Waals surface area contributed by atoms with Gasteiger partial charge in [-0.1, -0.05) is 37.3 Å². The Bertz CT molecular complexity index is 650. The first-order chi connectivity index (χ1) is 9.57. The number of aliphatic hydroxyl groups is 1. The minimum atomic E-state index is -3.51. The van der Waals surface area contributed by atoms with Crippen LogP contribution in [0.3, 0.4) is 0 Å². The molecule has 2 rings (SSSR count). The van der Waals surface area contributed by atoms with E-state index in [1.807, 2.05) is 37.3 Å². The first-order valence-corrected chi connectivity index (χ1v) is 8.62. The highest BCUT2D eigenvalue weighted by molar-refractivity contribution is 7.89. The molecule has 6 heteroatoms. The highest BCUT2D eigenvalue weighted by Crippen LogP contribution is 2.23. The second-order valence-corrected chi connectivity index (χ2v) is 7.26. The van der Waals surface area contributed by atoms with E-state index in [0.717, 1.165) is 5.56 Å². The zero-order valence-corrected chi connectivity index (χ0v) is 12.8. The number of aliphatic hydroxyl groups excluding tert-OH is 1. The summed E-state index contributed by atoms with van der Waals surface area (Å²) >= 11 is 1.25. The molecule has 0 radical (unpaired) electrons. The van der Waals surface area contributed by atoms with E-state index in [4.69, 9.17) is 5.11 Å². The van der Waals surface area contributed by atoms with Crippen molar-refractivity contribution in [2.75, 3.05) is 6.54 Å². The molecule has 0 aliphatic carbocycles. The Labute approximate surface area is 123 Å². The van der Waals surface area contributed by atoms with Gasteiger partial charge < -0.3 is 5.11 Å². The average molecular weight is 311 g/mol. The van der Waals surface area contributed by atoms with Crippen molar-refractivity contribution in [3.63, 3.8) is 0 Å². The molecule has 1 aromatic carbocycles. The Balaban J connectivity index is 2.25. The van der Waals surface area contributed by atoms with Crippen LogP contribution in [0.2, 0.25) is 0 Å². The Kier molecular flexibility index (Phi) is 4.93. The monoisotopic (exact) mass is 311 g/mol. The molecule has 1 aromatic heterocycles. The van der Waals surface area contributed by atoms with Gasteiger partial charge in [0.15, 0.2) is 0 Å². The summed E-state index contributed by atoms with van der Waals surface area (Å²) < 4.78 is 26.5. The number of benzene rings is 1. The highest BCUT2D eigenvalue weighted by Gasteiger charge is 2.24. The third-order valence-corrected chi connectivity index (χ3v) is 5.95. The highest BCUT2D eigenvalue weighted by atomic mass is 32.2. The summed E-state index contributed by atoms with van der Waals surface area (Å²) in [5.41, 5.74) is 0.954. The van der Waals surface area contributed by atoms with Crippen LogP contribution in [0.4, 0.5) is 0 Å². The zero-order chi connectivity index (χ0) is 14.6. The first kappa shape index (κ1) is 15.2. The van der Waals surface area contributed by atoms with E-state index >= 15 is 0 Å². The van der Waals surface area contributed by atoms with Crippen molar-refractivity contribution in [3.05, 3.63) is 52.2 Å². The molecule has 108 valence electrons. The second-order valence-electron chi connectivity index (χ2n) is 4.32. The lowest BCUT2D eigenvalue weighted by atomic mass is 10.2. The minimum Gasteiger partial charge on any atom is -0.391 e. The second kappa shape index (κ2) is 6.49. The van der Waals surface area contributed by atoms with Crippen molar-refractivity contribution < 1.29 is 13.5 Å². The van der Waals surface area contributed by atoms with Gasteiger partial charge in [-0.05, 0) is 11.6 Å². The van der Waals surface area contributed by atoms with Crippen molar-refractivity contribution >= 4 is 21.4 Å². The van der Waals surface area contributed by atoms with Gasteiger partial charge in [-0.15, -0.1) is 11.3 Å². The molecule has 20 heavy (non-hydrogen) atoms. The molecular weight excluding hydrogens is 294 g/mol. The van der Waals surface area contributed by atoms with Crippen LogP contribution in [0.1, 0.15) is 17.4 Å². The maximum absolute atomic E-state index is 12.5. The number of rotatable bonds is 6.